The highest BCUT2D eigenvalue weighted by atomic mass is 16.3. The molecule has 0 spiro atoms. The molecule has 0 bridgehead atoms. The van der Waals surface area contributed by atoms with Crippen LogP contribution in [0.2, 0.25) is 0 Å². The van der Waals surface area contributed by atoms with Crippen molar-refractivity contribution in [2.75, 3.05) is 6.54 Å². The maximum Gasteiger partial charge on any atom is 0.220 e. The van der Waals surface area contributed by atoms with Gasteiger partial charge in [0, 0.05) is 25.3 Å². The van der Waals surface area contributed by atoms with Gasteiger partial charge in [-0.1, -0.05) is 37.3 Å². The number of rotatable bonds is 7. The van der Waals surface area contributed by atoms with Gasteiger partial charge in [0.15, 0.2) is 0 Å². The van der Waals surface area contributed by atoms with Crippen molar-refractivity contribution < 1.29 is 9.21 Å². The van der Waals surface area contributed by atoms with Crippen molar-refractivity contribution in [2.24, 2.45) is 5.92 Å². The number of carbonyl (C=O) groups excluding carboxylic acids is 1. The molecule has 3 heteroatoms. The molecule has 2 atom stereocenters. The molecule has 0 aliphatic heterocycles. The summed E-state index contributed by atoms with van der Waals surface area (Å²) in [4.78, 5) is 11.9. The monoisotopic (exact) mass is 297 g/mol. The maximum atomic E-state index is 11.9. The van der Waals surface area contributed by atoms with Gasteiger partial charge in [0.1, 0.15) is 11.5 Å². The van der Waals surface area contributed by atoms with E-state index in [1.807, 2.05) is 24.3 Å². The predicted molar refractivity (Wildman–Crippen MR) is 86.7 cm³/mol. The van der Waals surface area contributed by atoms with Gasteiger partial charge in [-0.25, -0.2) is 0 Å². The fraction of sp³-hybridized carbons (Fsp3) is 0.421. The van der Waals surface area contributed by atoms with Crippen molar-refractivity contribution in [3.05, 3.63) is 59.5 Å². The highest BCUT2D eigenvalue weighted by molar-refractivity contribution is 5.76. The summed E-state index contributed by atoms with van der Waals surface area (Å²) in [5.41, 5.74) is 1.25. The van der Waals surface area contributed by atoms with E-state index in [4.69, 9.17) is 4.42 Å². The SMILES string of the molecule is C[C@@H]1C[C@H]1c1ccc(CCC(=O)NCCc2ccccc2)o1. The van der Waals surface area contributed by atoms with Crippen molar-refractivity contribution in [3.8, 4) is 0 Å². The van der Waals surface area contributed by atoms with E-state index >= 15 is 0 Å². The lowest BCUT2D eigenvalue weighted by molar-refractivity contribution is -0.121. The first kappa shape index (κ1) is 14.9. The average molecular weight is 297 g/mol. The third-order valence-corrected chi connectivity index (χ3v) is 4.33. The first-order valence-electron chi connectivity index (χ1n) is 8.11. The van der Waals surface area contributed by atoms with Gasteiger partial charge in [-0.05, 0) is 36.5 Å². The molecule has 3 rings (SSSR count). The van der Waals surface area contributed by atoms with E-state index in [0.717, 1.165) is 23.9 Å². The number of benzene rings is 1. The minimum atomic E-state index is 0.0914. The molecule has 1 aromatic heterocycles. The van der Waals surface area contributed by atoms with E-state index in [1.54, 1.807) is 0 Å². The average Bonchev–Trinajstić information content (AvgIpc) is 3.08. The molecule has 1 saturated carbocycles. The van der Waals surface area contributed by atoms with Crippen LogP contribution in [0.5, 0.6) is 0 Å². The molecule has 1 heterocycles. The Morgan fingerprint density at radius 2 is 1.95 bits per heavy atom. The quantitative estimate of drug-likeness (QED) is 0.847. The third kappa shape index (κ3) is 4.00. The highest BCUT2D eigenvalue weighted by Gasteiger charge is 2.36. The van der Waals surface area contributed by atoms with Gasteiger partial charge in [0.2, 0.25) is 5.91 Å². The van der Waals surface area contributed by atoms with E-state index in [0.29, 0.717) is 25.3 Å². The van der Waals surface area contributed by atoms with Crippen LogP contribution >= 0.6 is 0 Å². The zero-order valence-electron chi connectivity index (χ0n) is 13.0. The van der Waals surface area contributed by atoms with E-state index < -0.39 is 0 Å². The zero-order valence-corrected chi connectivity index (χ0v) is 13.0. The van der Waals surface area contributed by atoms with Gasteiger partial charge in [-0.3, -0.25) is 4.79 Å². The molecule has 1 fully saturated rings. The summed E-state index contributed by atoms with van der Waals surface area (Å²) in [5, 5.41) is 2.97. The van der Waals surface area contributed by atoms with E-state index in [1.165, 1.54) is 12.0 Å². The third-order valence-electron chi connectivity index (χ3n) is 4.33. The molecular formula is C19H23NO2. The van der Waals surface area contributed by atoms with Crippen LogP contribution in [-0.4, -0.2) is 12.5 Å². The molecule has 1 N–H and O–H groups in total. The molecule has 0 saturated heterocycles. The Hall–Kier alpha value is -2.03. The molecule has 22 heavy (non-hydrogen) atoms. The van der Waals surface area contributed by atoms with Crippen LogP contribution in [-0.2, 0) is 17.6 Å². The summed E-state index contributed by atoms with van der Waals surface area (Å²) in [6.45, 7) is 2.93. The Balaban J connectivity index is 1.36. The van der Waals surface area contributed by atoms with Gasteiger partial charge >= 0.3 is 0 Å². The molecule has 0 unspecified atom stereocenters. The lowest BCUT2D eigenvalue weighted by atomic mass is 10.1. The molecule has 116 valence electrons. The Morgan fingerprint density at radius 1 is 1.18 bits per heavy atom. The van der Waals surface area contributed by atoms with Gasteiger partial charge in [-0.15, -0.1) is 0 Å². The number of hydrogen-bond acceptors (Lipinski definition) is 2. The van der Waals surface area contributed by atoms with E-state index in [2.05, 4.69) is 30.4 Å². The molecule has 3 nitrogen and oxygen atoms in total. The standard InChI is InChI=1S/C19H23NO2/c1-14-13-17(14)18-9-7-16(22-18)8-10-19(21)20-12-11-15-5-3-2-4-6-15/h2-7,9,14,17H,8,10-13H2,1H3,(H,20,21)/t14-,17-/m1/s1. The van der Waals surface area contributed by atoms with Crippen molar-refractivity contribution >= 4 is 5.91 Å². The molecular weight excluding hydrogens is 274 g/mol. The lowest BCUT2D eigenvalue weighted by Gasteiger charge is -2.04. The van der Waals surface area contributed by atoms with E-state index in [-0.39, 0.29) is 5.91 Å². The normalized spacial score (nSPS) is 19.9. The molecule has 0 radical (unpaired) electrons. The Kier molecular flexibility index (Phi) is 4.62. The molecule has 2 aromatic rings. The fourth-order valence-corrected chi connectivity index (χ4v) is 2.76. The molecule has 1 aliphatic rings. The number of nitrogens with one attached hydrogen (secondary N) is 1. The number of aryl methyl sites for hydroxylation is 1. The van der Waals surface area contributed by atoms with Crippen molar-refractivity contribution in [1.29, 1.82) is 0 Å². The van der Waals surface area contributed by atoms with Crippen LogP contribution in [0.25, 0.3) is 0 Å². The Bertz CT molecular complexity index is 617. The summed E-state index contributed by atoms with van der Waals surface area (Å²) >= 11 is 0. The number of hydrogen-bond donors (Lipinski definition) is 1. The molecule has 1 amide bonds. The van der Waals surface area contributed by atoms with Gasteiger partial charge in [0.05, 0.1) is 0 Å². The Morgan fingerprint density at radius 3 is 2.68 bits per heavy atom. The second-order valence-electron chi connectivity index (χ2n) is 6.21. The summed E-state index contributed by atoms with van der Waals surface area (Å²) < 4.78 is 5.82. The minimum Gasteiger partial charge on any atom is -0.466 e. The van der Waals surface area contributed by atoms with Crippen LogP contribution in [0, 0.1) is 5.92 Å². The largest absolute Gasteiger partial charge is 0.466 e. The highest BCUT2D eigenvalue weighted by Crippen LogP contribution is 2.47. The summed E-state index contributed by atoms with van der Waals surface area (Å²) in [6.07, 6.45) is 3.27. The smallest absolute Gasteiger partial charge is 0.220 e. The first-order chi connectivity index (χ1) is 10.7. The van der Waals surface area contributed by atoms with Crippen LogP contribution in [0.4, 0.5) is 0 Å². The molecule has 1 aromatic carbocycles. The van der Waals surface area contributed by atoms with Crippen LogP contribution in [0.15, 0.2) is 46.9 Å². The number of furan rings is 1. The van der Waals surface area contributed by atoms with Crippen molar-refractivity contribution in [1.82, 2.24) is 5.32 Å². The summed E-state index contributed by atoms with van der Waals surface area (Å²) in [7, 11) is 0. The van der Waals surface area contributed by atoms with Crippen LogP contribution in [0.1, 0.15) is 42.8 Å². The molecule has 1 aliphatic carbocycles. The number of amides is 1. The summed E-state index contributed by atoms with van der Waals surface area (Å²) in [5.74, 6) is 3.46. The fourth-order valence-electron chi connectivity index (χ4n) is 2.76. The van der Waals surface area contributed by atoms with Crippen molar-refractivity contribution in [3.63, 3.8) is 0 Å². The topological polar surface area (TPSA) is 42.2 Å². The van der Waals surface area contributed by atoms with Crippen molar-refractivity contribution in [2.45, 2.75) is 38.5 Å². The van der Waals surface area contributed by atoms with Gasteiger partial charge < -0.3 is 9.73 Å². The Labute approximate surface area is 131 Å². The second kappa shape index (κ2) is 6.82. The predicted octanol–water partition coefficient (Wildman–Crippen LogP) is 3.69. The van der Waals surface area contributed by atoms with E-state index in [9.17, 15) is 4.79 Å². The van der Waals surface area contributed by atoms with Gasteiger partial charge in [0.25, 0.3) is 0 Å². The zero-order chi connectivity index (χ0) is 15.4. The lowest BCUT2D eigenvalue weighted by Crippen LogP contribution is -2.25. The first-order valence-corrected chi connectivity index (χ1v) is 8.11. The number of carbonyl (C=O) groups is 1. The minimum absolute atomic E-state index is 0.0914. The van der Waals surface area contributed by atoms with Crippen LogP contribution < -0.4 is 5.32 Å². The van der Waals surface area contributed by atoms with Crippen LogP contribution in [0.3, 0.4) is 0 Å². The van der Waals surface area contributed by atoms with Gasteiger partial charge in [-0.2, -0.15) is 0 Å². The maximum absolute atomic E-state index is 11.9. The summed E-state index contributed by atoms with van der Waals surface area (Å²) in [6, 6.07) is 14.3. The second-order valence-corrected chi connectivity index (χ2v) is 6.21.